The zero-order valence-corrected chi connectivity index (χ0v) is 28.2. The Kier molecular flexibility index (Phi) is 11.8. The first-order valence-electron chi connectivity index (χ1n) is 15.1. The lowest BCUT2D eigenvalue weighted by Crippen LogP contribution is -2.46. The van der Waals surface area contributed by atoms with Crippen LogP contribution in [0.25, 0.3) is 10.2 Å². The van der Waals surface area contributed by atoms with Gasteiger partial charge in [-0.3, -0.25) is 14.9 Å². The molecule has 0 saturated carbocycles. The maximum atomic E-state index is 14.2. The Morgan fingerprint density at radius 1 is 1.00 bits per heavy atom. The Labute approximate surface area is 285 Å². The van der Waals surface area contributed by atoms with E-state index in [1.54, 1.807) is 42.5 Å². The van der Waals surface area contributed by atoms with Crippen LogP contribution in [0.1, 0.15) is 42.2 Å². The van der Waals surface area contributed by atoms with Gasteiger partial charge in [-0.1, -0.05) is 66.7 Å². The van der Waals surface area contributed by atoms with Crippen LogP contribution in [0.4, 0.5) is 4.39 Å². The van der Waals surface area contributed by atoms with Gasteiger partial charge in [0.05, 0.1) is 22.9 Å². The van der Waals surface area contributed by atoms with Crippen molar-refractivity contribution in [2.24, 2.45) is 5.73 Å². The minimum Gasteiger partial charge on any atom is -0.494 e. The summed E-state index contributed by atoms with van der Waals surface area (Å²) >= 11 is 9.01. The quantitative estimate of drug-likeness (QED) is 0.101. The molecule has 0 bridgehead atoms. The smallest absolute Gasteiger partial charge is 0.244 e. The highest BCUT2D eigenvalue weighted by Crippen LogP contribution is 2.44. The SMILES string of the molecule is CCOc1ccc2nc(SC(C(=O)NC(=O)C(CC)NCc3ccccc3F)c3ccc(Cl)cc3Oc3cccc(CN)c3)sc2c1. The number of thioether (sulfide) groups is 1. The fraction of sp³-hybridized carbons (Fsp3) is 0.229. The van der Waals surface area contributed by atoms with Crippen LogP contribution in [0, 0.1) is 5.82 Å². The maximum Gasteiger partial charge on any atom is 0.244 e. The molecule has 244 valence electrons. The van der Waals surface area contributed by atoms with E-state index in [-0.39, 0.29) is 12.4 Å². The second-order valence-electron chi connectivity index (χ2n) is 10.5. The highest BCUT2D eigenvalue weighted by Gasteiger charge is 2.30. The average molecular weight is 693 g/mol. The number of carbonyl (C=O) groups is 2. The Bertz CT molecular complexity index is 1870. The summed E-state index contributed by atoms with van der Waals surface area (Å²) in [4.78, 5) is 32.2. The second-order valence-corrected chi connectivity index (χ2v) is 13.3. The lowest BCUT2D eigenvalue weighted by Gasteiger charge is -2.21. The van der Waals surface area contributed by atoms with Crippen molar-refractivity contribution in [1.82, 2.24) is 15.6 Å². The third-order valence-electron chi connectivity index (χ3n) is 7.20. The molecule has 2 unspecified atom stereocenters. The number of imide groups is 1. The van der Waals surface area contributed by atoms with Crippen LogP contribution >= 0.6 is 34.7 Å². The van der Waals surface area contributed by atoms with Crippen molar-refractivity contribution in [2.45, 2.75) is 49.0 Å². The first-order chi connectivity index (χ1) is 22.8. The van der Waals surface area contributed by atoms with Crippen LogP contribution < -0.4 is 25.8 Å². The van der Waals surface area contributed by atoms with E-state index in [0.29, 0.717) is 51.6 Å². The van der Waals surface area contributed by atoms with E-state index in [1.807, 2.05) is 50.2 Å². The van der Waals surface area contributed by atoms with Gasteiger partial charge in [0.1, 0.15) is 28.3 Å². The van der Waals surface area contributed by atoms with Crippen molar-refractivity contribution in [3.8, 4) is 17.2 Å². The number of benzene rings is 4. The molecule has 0 aliphatic heterocycles. The van der Waals surface area contributed by atoms with Gasteiger partial charge in [-0.15, -0.1) is 11.3 Å². The predicted molar refractivity (Wildman–Crippen MR) is 186 cm³/mol. The first-order valence-corrected chi connectivity index (χ1v) is 17.1. The monoisotopic (exact) mass is 692 g/mol. The number of nitrogens with one attached hydrogen (secondary N) is 2. The highest BCUT2D eigenvalue weighted by atomic mass is 35.5. The van der Waals surface area contributed by atoms with Crippen LogP contribution in [0.15, 0.2) is 89.3 Å². The third kappa shape index (κ3) is 8.88. The van der Waals surface area contributed by atoms with Crippen molar-refractivity contribution < 1.29 is 23.5 Å². The number of hydrogen-bond acceptors (Lipinski definition) is 9. The summed E-state index contributed by atoms with van der Waals surface area (Å²) in [6, 6.07) is 23.5. The van der Waals surface area contributed by atoms with Gasteiger partial charge < -0.3 is 20.5 Å². The van der Waals surface area contributed by atoms with Gasteiger partial charge in [-0.2, -0.15) is 0 Å². The van der Waals surface area contributed by atoms with Crippen molar-refractivity contribution >= 4 is 56.7 Å². The molecule has 0 aliphatic carbocycles. The number of ether oxygens (including phenoxy) is 2. The van der Waals surface area contributed by atoms with Gasteiger partial charge in [-0.25, -0.2) is 9.37 Å². The predicted octanol–water partition coefficient (Wildman–Crippen LogP) is 7.78. The topological polar surface area (TPSA) is 116 Å². The Morgan fingerprint density at radius 2 is 1.83 bits per heavy atom. The highest BCUT2D eigenvalue weighted by molar-refractivity contribution is 8.02. The second kappa shape index (κ2) is 16.2. The number of halogens is 2. The zero-order chi connectivity index (χ0) is 33.3. The van der Waals surface area contributed by atoms with Crippen molar-refractivity contribution in [2.75, 3.05) is 6.61 Å². The number of hydrogen-bond donors (Lipinski definition) is 3. The molecule has 4 aromatic carbocycles. The number of amides is 2. The van der Waals surface area contributed by atoms with E-state index in [4.69, 9.17) is 31.8 Å². The zero-order valence-electron chi connectivity index (χ0n) is 25.8. The summed E-state index contributed by atoms with van der Waals surface area (Å²) in [7, 11) is 0. The van der Waals surface area contributed by atoms with E-state index in [1.165, 1.54) is 29.2 Å². The fourth-order valence-electron chi connectivity index (χ4n) is 4.80. The molecule has 0 aliphatic rings. The van der Waals surface area contributed by atoms with E-state index in [9.17, 15) is 14.0 Å². The molecule has 5 aromatic rings. The molecule has 5 rings (SSSR count). The van der Waals surface area contributed by atoms with Crippen molar-refractivity contribution in [3.63, 3.8) is 0 Å². The van der Waals surface area contributed by atoms with Crippen molar-refractivity contribution in [3.05, 3.63) is 112 Å². The number of rotatable bonds is 14. The number of nitrogens with two attached hydrogens (primary N) is 1. The molecular formula is C35H34ClFN4O4S2. The summed E-state index contributed by atoms with van der Waals surface area (Å²) < 4.78 is 27.6. The lowest BCUT2D eigenvalue weighted by atomic mass is 10.1. The van der Waals surface area contributed by atoms with Crippen molar-refractivity contribution in [1.29, 1.82) is 0 Å². The molecule has 1 heterocycles. The summed E-state index contributed by atoms with van der Waals surface area (Å²) in [5.41, 5.74) is 8.38. The number of nitrogens with zero attached hydrogens (tertiary/aromatic N) is 1. The minimum atomic E-state index is -0.958. The molecule has 47 heavy (non-hydrogen) atoms. The molecule has 0 radical (unpaired) electrons. The van der Waals surface area contributed by atoms with Crippen LogP contribution in [0.3, 0.4) is 0 Å². The van der Waals surface area contributed by atoms with Crippen LogP contribution in [-0.2, 0) is 22.7 Å². The van der Waals surface area contributed by atoms with E-state index < -0.39 is 23.1 Å². The van der Waals surface area contributed by atoms with E-state index in [2.05, 4.69) is 10.6 Å². The van der Waals surface area contributed by atoms with Gasteiger partial charge in [0.2, 0.25) is 11.8 Å². The number of carbonyl (C=O) groups excluding carboxylic acids is 2. The third-order valence-corrected chi connectivity index (χ3v) is 9.78. The van der Waals surface area contributed by atoms with Gasteiger partial charge in [-0.05, 0) is 67.4 Å². The summed E-state index contributed by atoms with van der Waals surface area (Å²) in [6.07, 6.45) is 0.373. The molecule has 2 atom stereocenters. The summed E-state index contributed by atoms with van der Waals surface area (Å²) in [5, 5.41) is 5.10. The standard InChI is InChI=1S/C35H34ClFN4O4S2/c1-3-28(39-20-22-9-5-6-11-27(22)37)33(42)41-34(43)32(47-35-40-29-15-13-24(44-4-2)18-31(29)46-35)26-14-12-23(36)17-30(26)45-25-10-7-8-21(16-25)19-38/h5-18,28,32,39H,3-4,19-20,38H2,1-2H3,(H,41,42,43). The van der Waals surface area contributed by atoms with Gasteiger partial charge in [0.15, 0.2) is 4.34 Å². The summed E-state index contributed by atoms with van der Waals surface area (Å²) in [5.74, 6) is 0.112. The molecule has 12 heteroatoms. The molecule has 1 aromatic heterocycles. The van der Waals surface area contributed by atoms with Crippen LogP contribution in [0.5, 0.6) is 17.2 Å². The average Bonchev–Trinajstić information content (AvgIpc) is 3.47. The fourth-order valence-corrected chi connectivity index (χ4v) is 7.28. The molecule has 0 spiro atoms. The number of aromatic nitrogens is 1. The Morgan fingerprint density at radius 3 is 2.60 bits per heavy atom. The van der Waals surface area contributed by atoms with Gasteiger partial charge in [0.25, 0.3) is 0 Å². The number of thiazole rings is 1. The molecule has 8 nitrogen and oxygen atoms in total. The molecular weight excluding hydrogens is 659 g/mol. The lowest BCUT2D eigenvalue weighted by molar-refractivity contribution is -0.131. The Balaban J connectivity index is 1.45. The first kappa shape index (κ1) is 34.3. The number of fused-ring (bicyclic) bond motifs is 1. The van der Waals surface area contributed by atoms with Crippen LogP contribution in [-0.4, -0.2) is 29.4 Å². The van der Waals surface area contributed by atoms with E-state index >= 15 is 0 Å². The maximum absolute atomic E-state index is 14.2. The largest absolute Gasteiger partial charge is 0.494 e. The normalized spacial score (nSPS) is 12.4. The van der Waals surface area contributed by atoms with Gasteiger partial charge in [0, 0.05) is 29.2 Å². The molecule has 0 saturated heterocycles. The molecule has 2 amide bonds. The summed E-state index contributed by atoms with van der Waals surface area (Å²) in [6.45, 7) is 4.71. The van der Waals surface area contributed by atoms with Gasteiger partial charge >= 0.3 is 0 Å². The van der Waals surface area contributed by atoms with E-state index in [0.717, 1.165) is 21.5 Å². The van der Waals surface area contributed by atoms with Crippen LogP contribution in [0.2, 0.25) is 5.02 Å². The Hall–Kier alpha value is -4.00. The molecule has 4 N–H and O–H groups in total. The minimum absolute atomic E-state index is 0.122. The molecule has 0 fully saturated rings.